The van der Waals surface area contributed by atoms with Crippen molar-refractivity contribution in [2.24, 2.45) is 5.10 Å². The van der Waals surface area contributed by atoms with Gasteiger partial charge in [-0.15, -0.1) is 0 Å². The van der Waals surface area contributed by atoms with Crippen LogP contribution in [0.25, 0.3) is 0 Å². The number of rotatable bonds is 1. The number of nitrogens with zero attached hydrogens (tertiary/aromatic N) is 2. The Morgan fingerprint density at radius 1 is 1.20 bits per heavy atom. The van der Waals surface area contributed by atoms with E-state index >= 15 is 0 Å². The molecular formula is C16H17F3N2O4. The van der Waals surface area contributed by atoms with Gasteiger partial charge in [0, 0.05) is 0 Å². The second-order valence-corrected chi connectivity index (χ2v) is 6.52. The van der Waals surface area contributed by atoms with E-state index in [1.165, 1.54) is 32.9 Å². The van der Waals surface area contributed by atoms with Gasteiger partial charge in [-0.3, -0.25) is 4.79 Å². The van der Waals surface area contributed by atoms with Crippen LogP contribution >= 0.6 is 0 Å². The zero-order valence-electron chi connectivity index (χ0n) is 13.8. The van der Waals surface area contributed by atoms with Crippen molar-refractivity contribution in [3.05, 3.63) is 35.9 Å². The molecule has 0 aliphatic carbocycles. The van der Waals surface area contributed by atoms with E-state index < -0.39 is 35.8 Å². The second-order valence-electron chi connectivity index (χ2n) is 6.52. The Morgan fingerprint density at radius 2 is 1.76 bits per heavy atom. The van der Waals surface area contributed by atoms with E-state index in [2.05, 4.69) is 5.10 Å². The van der Waals surface area contributed by atoms with E-state index in [0.29, 0.717) is 5.56 Å². The molecule has 1 aliphatic rings. The second kappa shape index (κ2) is 6.14. The Kier molecular flexibility index (Phi) is 4.65. The first-order valence-electron chi connectivity index (χ1n) is 7.35. The number of benzene rings is 1. The number of aliphatic hydroxyl groups is 1. The number of ether oxygens (including phenoxy) is 1. The highest BCUT2D eigenvalue weighted by atomic mass is 19.4. The minimum atomic E-state index is -5.22. The van der Waals surface area contributed by atoms with Crippen molar-refractivity contribution in [3.63, 3.8) is 0 Å². The van der Waals surface area contributed by atoms with E-state index in [1.807, 2.05) is 0 Å². The Balaban J connectivity index is 2.41. The van der Waals surface area contributed by atoms with Crippen LogP contribution in [0, 0.1) is 0 Å². The van der Waals surface area contributed by atoms with E-state index in [0.717, 1.165) is 0 Å². The monoisotopic (exact) mass is 358 g/mol. The van der Waals surface area contributed by atoms with Gasteiger partial charge in [0.25, 0.3) is 5.72 Å². The van der Waals surface area contributed by atoms with Gasteiger partial charge in [0.1, 0.15) is 5.60 Å². The molecule has 1 atom stereocenters. The summed E-state index contributed by atoms with van der Waals surface area (Å²) in [6.45, 7) is 4.37. The maximum absolute atomic E-state index is 13.4. The third-order valence-corrected chi connectivity index (χ3v) is 3.31. The first kappa shape index (κ1) is 18.9. The predicted octanol–water partition coefficient (Wildman–Crippen LogP) is 2.22. The van der Waals surface area contributed by atoms with Crippen molar-refractivity contribution in [1.82, 2.24) is 5.01 Å². The third-order valence-electron chi connectivity index (χ3n) is 3.31. The van der Waals surface area contributed by atoms with Crippen LogP contribution in [0.1, 0.15) is 32.8 Å². The quantitative estimate of drug-likeness (QED) is 0.617. The summed E-state index contributed by atoms with van der Waals surface area (Å²) in [7, 11) is 0. The number of esters is 1. The van der Waals surface area contributed by atoms with Gasteiger partial charge in [0.05, 0.1) is 12.1 Å². The lowest BCUT2D eigenvalue weighted by atomic mass is 10.0. The fourth-order valence-electron chi connectivity index (χ4n) is 2.18. The number of carbonyl (C=O) groups is 2. The first-order valence-corrected chi connectivity index (χ1v) is 7.35. The van der Waals surface area contributed by atoms with Gasteiger partial charge in [-0.1, -0.05) is 30.3 Å². The zero-order valence-corrected chi connectivity index (χ0v) is 13.8. The van der Waals surface area contributed by atoms with Crippen molar-refractivity contribution >= 4 is 17.6 Å². The fraction of sp³-hybridized carbons (Fsp3) is 0.438. The molecule has 0 radical (unpaired) electrons. The van der Waals surface area contributed by atoms with Gasteiger partial charge >= 0.3 is 18.1 Å². The normalized spacial score (nSPS) is 21.1. The molecule has 0 bridgehead atoms. The summed E-state index contributed by atoms with van der Waals surface area (Å²) in [6.07, 6.45) is -6.21. The Hall–Kier alpha value is -2.42. The van der Waals surface area contributed by atoms with Gasteiger partial charge in [-0.05, 0) is 26.3 Å². The van der Waals surface area contributed by atoms with Crippen LogP contribution in [0.5, 0.6) is 0 Å². The molecule has 0 saturated carbocycles. The molecule has 136 valence electrons. The molecule has 0 spiro atoms. The molecule has 0 fully saturated rings. The molecule has 1 heterocycles. The summed E-state index contributed by atoms with van der Waals surface area (Å²) in [6, 6.07) is 7.76. The molecular weight excluding hydrogens is 341 g/mol. The van der Waals surface area contributed by atoms with Gasteiger partial charge in [0.15, 0.2) is 0 Å². The van der Waals surface area contributed by atoms with Crippen LogP contribution in [0.2, 0.25) is 0 Å². The molecule has 2 rings (SSSR count). The highest BCUT2D eigenvalue weighted by Crippen LogP contribution is 2.41. The molecule has 9 heteroatoms. The average molecular weight is 358 g/mol. The summed E-state index contributed by atoms with van der Waals surface area (Å²) in [4.78, 5) is 24.0. The molecule has 1 aromatic carbocycles. The zero-order chi connectivity index (χ0) is 19.0. The molecule has 6 nitrogen and oxygen atoms in total. The van der Waals surface area contributed by atoms with Crippen molar-refractivity contribution in [1.29, 1.82) is 0 Å². The minimum Gasteiger partial charge on any atom is -0.453 e. The Bertz CT molecular complexity index is 710. The summed E-state index contributed by atoms with van der Waals surface area (Å²) < 4.78 is 44.9. The number of carbonyl (C=O) groups excluding carboxylic acids is 2. The van der Waals surface area contributed by atoms with Crippen LogP contribution < -0.4 is 0 Å². The third kappa shape index (κ3) is 3.81. The summed E-state index contributed by atoms with van der Waals surface area (Å²) in [5.41, 5.74) is -4.58. The molecule has 25 heavy (non-hydrogen) atoms. The van der Waals surface area contributed by atoms with Crippen molar-refractivity contribution < 1.29 is 32.6 Å². The highest BCUT2D eigenvalue weighted by molar-refractivity contribution is 6.33. The van der Waals surface area contributed by atoms with Crippen molar-refractivity contribution in [3.8, 4) is 0 Å². The van der Waals surface area contributed by atoms with Crippen LogP contribution in [-0.2, 0) is 14.3 Å². The molecule has 1 N–H and O–H groups in total. The topological polar surface area (TPSA) is 79.2 Å². The number of hydrogen-bond acceptors (Lipinski definition) is 5. The molecule has 0 aromatic heterocycles. The summed E-state index contributed by atoms with van der Waals surface area (Å²) in [5.74, 6) is -3.23. The lowest BCUT2D eigenvalue weighted by molar-refractivity contribution is -0.302. The van der Waals surface area contributed by atoms with E-state index in [1.54, 1.807) is 18.2 Å². The number of amides is 1. The largest absolute Gasteiger partial charge is 0.453 e. The average Bonchev–Trinajstić information content (AvgIpc) is 2.84. The smallest absolute Gasteiger partial charge is 0.438 e. The minimum absolute atomic E-state index is 0.169. The Morgan fingerprint density at radius 3 is 2.24 bits per heavy atom. The van der Waals surface area contributed by atoms with Gasteiger partial charge in [-0.2, -0.15) is 23.3 Å². The predicted molar refractivity (Wildman–Crippen MR) is 81.3 cm³/mol. The lowest BCUT2D eigenvalue weighted by Gasteiger charge is -2.32. The fourth-order valence-corrected chi connectivity index (χ4v) is 2.18. The van der Waals surface area contributed by atoms with Crippen LogP contribution in [0.3, 0.4) is 0 Å². The van der Waals surface area contributed by atoms with E-state index in [-0.39, 0.29) is 10.7 Å². The molecule has 1 aliphatic heterocycles. The number of hydrazone groups is 1. The summed E-state index contributed by atoms with van der Waals surface area (Å²) >= 11 is 0. The van der Waals surface area contributed by atoms with Crippen molar-refractivity contribution in [2.45, 2.75) is 44.7 Å². The SMILES string of the molecule is CC(C)(C)OC(=O)C(=O)N1N=C(c2ccccc2)C[C@]1(O)C(F)(F)F. The van der Waals surface area contributed by atoms with Gasteiger partial charge < -0.3 is 9.84 Å². The molecule has 0 saturated heterocycles. The number of halogens is 3. The van der Waals surface area contributed by atoms with Gasteiger partial charge in [0.2, 0.25) is 0 Å². The number of alkyl halides is 3. The lowest BCUT2D eigenvalue weighted by Crippen LogP contribution is -2.58. The van der Waals surface area contributed by atoms with Crippen LogP contribution in [0.4, 0.5) is 13.2 Å². The van der Waals surface area contributed by atoms with E-state index in [9.17, 15) is 27.9 Å². The number of hydrogen-bond donors (Lipinski definition) is 1. The van der Waals surface area contributed by atoms with Crippen LogP contribution in [0.15, 0.2) is 35.4 Å². The standard InChI is InChI=1S/C16H17F3N2O4/c1-14(2,3)25-13(23)12(22)21-15(24,16(17,18)19)9-11(20-21)10-7-5-4-6-8-10/h4-8,24H,9H2,1-3H3/t15-/m0/s1. The molecule has 0 unspecified atom stereocenters. The van der Waals surface area contributed by atoms with E-state index in [4.69, 9.17) is 4.74 Å². The van der Waals surface area contributed by atoms with Crippen LogP contribution in [-0.4, -0.2) is 45.2 Å². The van der Waals surface area contributed by atoms with Gasteiger partial charge in [-0.25, -0.2) is 4.79 Å². The summed E-state index contributed by atoms with van der Waals surface area (Å²) in [5, 5.41) is 13.4. The molecule has 1 amide bonds. The van der Waals surface area contributed by atoms with Crippen molar-refractivity contribution in [2.75, 3.05) is 0 Å². The maximum Gasteiger partial charge on any atom is 0.438 e. The molecule has 1 aromatic rings. The maximum atomic E-state index is 13.4. The highest BCUT2D eigenvalue weighted by Gasteiger charge is 2.64. The first-order chi connectivity index (χ1) is 11.3. The Labute approximate surface area is 141 Å².